The molecule has 0 spiro atoms. The second kappa shape index (κ2) is 32.2. The molecular formula is C91H86ClF3N14O6S3. The van der Waals surface area contributed by atoms with Crippen molar-refractivity contribution in [2.45, 2.75) is 110 Å². The smallest absolute Gasteiger partial charge is 0.191 e. The van der Waals surface area contributed by atoms with E-state index >= 15 is 0 Å². The lowest BCUT2D eigenvalue weighted by atomic mass is 9.60. The van der Waals surface area contributed by atoms with Crippen LogP contribution in [0.1, 0.15) is 123 Å². The molecule has 27 heteroatoms. The number of ketones is 3. The molecule has 6 aliphatic rings. The Hall–Kier alpha value is -11.4. The molecule has 7 aromatic heterocycles. The van der Waals surface area contributed by atoms with Crippen LogP contribution in [0.2, 0.25) is 5.02 Å². The molecule has 0 bridgehead atoms. The summed E-state index contributed by atoms with van der Waals surface area (Å²) in [6, 6.07) is 50.5. The maximum absolute atomic E-state index is 14.3. The number of allylic oxidation sites excluding steroid dienone is 3. The molecule has 5 aromatic carbocycles. The highest BCUT2D eigenvalue weighted by molar-refractivity contribution is 7.98. The van der Waals surface area contributed by atoms with Gasteiger partial charge in [-0.1, -0.05) is 70.8 Å². The lowest BCUT2D eigenvalue weighted by Gasteiger charge is -2.46. The maximum Gasteiger partial charge on any atom is 0.191 e. The first kappa shape index (κ1) is 80.4. The van der Waals surface area contributed by atoms with Gasteiger partial charge in [-0.2, -0.15) is 20.4 Å². The fourth-order valence-electron chi connectivity index (χ4n) is 17.9. The molecule has 602 valence electrons. The number of hydrogen-bond acceptors (Lipinski definition) is 13. The average molecular weight is 1660 g/mol. The molecule has 18 rings (SSSR count). The van der Waals surface area contributed by atoms with E-state index in [9.17, 15) is 40.2 Å². The fraction of sp³-hybridized carbons (Fsp3) is 0.242. The Morgan fingerprint density at radius 2 is 0.754 bits per heavy atom. The van der Waals surface area contributed by atoms with Crippen LogP contribution in [0.4, 0.5) is 13.2 Å². The van der Waals surface area contributed by atoms with Crippen LogP contribution >= 0.6 is 11.6 Å². The van der Waals surface area contributed by atoms with Gasteiger partial charge in [-0.05, 0) is 290 Å². The third-order valence-electron chi connectivity index (χ3n) is 24.4. The molecule has 3 fully saturated rings. The summed E-state index contributed by atoms with van der Waals surface area (Å²) in [6.07, 6.45) is 26.6. The van der Waals surface area contributed by atoms with Crippen molar-refractivity contribution in [1.82, 2.24) is 67.0 Å². The number of fused-ring (bicyclic) bond motifs is 6. The van der Waals surface area contributed by atoms with Crippen molar-refractivity contribution in [2.75, 3.05) is 21.1 Å². The normalized spacial score (nSPS) is 21.9. The van der Waals surface area contributed by atoms with Crippen LogP contribution in [-0.2, 0) is 55.4 Å². The van der Waals surface area contributed by atoms with Crippen molar-refractivity contribution in [2.24, 2.45) is 23.3 Å². The maximum atomic E-state index is 14.3. The number of aromatic nitrogens is 11. The number of pyridine rings is 3. The second-order valence-corrected chi connectivity index (χ2v) is 38.5. The van der Waals surface area contributed by atoms with Gasteiger partial charge in [0.1, 0.15) is 34.5 Å². The Morgan fingerprint density at radius 1 is 0.424 bits per heavy atom. The van der Waals surface area contributed by atoms with Crippen LogP contribution in [0.3, 0.4) is 0 Å². The van der Waals surface area contributed by atoms with E-state index in [2.05, 4.69) is 71.2 Å². The zero-order chi connectivity index (χ0) is 82.6. The molecular weight excluding hydrogens is 1570 g/mol. The van der Waals surface area contributed by atoms with Crippen molar-refractivity contribution in [3.8, 4) is 17.1 Å². The first-order valence-corrected chi connectivity index (χ1v) is 44.2. The molecule has 3 unspecified atom stereocenters. The Balaban J connectivity index is 0.000000132. The molecule has 0 N–H and O–H groups in total. The number of Topliss-reactive ketones (excluding diaryl/α,β-unsaturated/α-hetero) is 3. The minimum atomic E-state index is -2.86. The van der Waals surface area contributed by atoms with E-state index < -0.39 is 45.4 Å². The highest BCUT2D eigenvalue weighted by atomic mass is 35.5. The van der Waals surface area contributed by atoms with Gasteiger partial charge in [0.15, 0.2) is 17.3 Å². The van der Waals surface area contributed by atoms with Gasteiger partial charge in [0, 0.05) is 64.8 Å². The minimum absolute atomic E-state index is 0.0390. The van der Waals surface area contributed by atoms with Gasteiger partial charge in [0.2, 0.25) is 0 Å². The first-order chi connectivity index (χ1) is 56.7. The van der Waals surface area contributed by atoms with Crippen molar-refractivity contribution in [3.05, 3.63) is 322 Å². The zero-order valence-electron chi connectivity index (χ0n) is 65.5. The zero-order valence-corrected chi connectivity index (χ0v) is 68.7. The topological polar surface area (TPSA) is 222 Å². The molecule has 0 saturated heterocycles. The summed E-state index contributed by atoms with van der Waals surface area (Å²) >= 11 is 6.21. The van der Waals surface area contributed by atoms with Gasteiger partial charge < -0.3 is 0 Å². The van der Waals surface area contributed by atoms with E-state index in [1.165, 1.54) is 36.4 Å². The standard InChI is InChI=1S/C31H28ClFN4O2S.C31H29FN4O2S.C29H29FN6O2S/c1-36(40(2,39)27-7-5-6-23(32)17-27)26-12-9-22-16-29-21(20-35-37(29)25-13-10-24(33)11-14-25)18-31(22,19-26)30(38)28-8-3-4-15-34-28;1-35(39(2,38)27-8-4-3-5-9-27)26-14-11-23-18-29-22(21-34-36(29)25-15-12-24(32)13-16-25)19-31(23,20-26)30(37)28-10-6-7-17-33-28;1-34-19-25(18-32-34)39(3,38)35(2)24-10-7-21-14-27-20(17-33-36(27)23-11-8-22(30)9-12-23)15-29(21,16-24)28(37)26-6-4-5-13-31-26/h3-8,10-11,13-17,20,26H,2,9,12,18-19H2,1H3;3-10,12-13,15-18,21,26H,2,11,14,19-20H2,1H3;4-6,8-9,11-14,17-19,24H,3,7,10,15-16H2,1-2H3/t26-,31-,40?;26-,31-,39?;24-,29-,39?/m000/s1. The third kappa shape index (κ3) is 15.0. The van der Waals surface area contributed by atoms with Crippen LogP contribution in [0, 0.1) is 33.7 Å². The van der Waals surface area contributed by atoms with Gasteiger partial charge in [-0.25, -0.2) is 52.8 Å². The second-order valence-electron chi connectivity index (χ2n) is 31.1. The molecule has 0 amide bonds. The van der Waals surface area contributed by atoms with E-state index in [0.717, 1.165) is 74.0 Å². The molecule has 20 nitrogen and oxygen atoms in total. The van der Waals surface area contributed by atoms with Crippen LogP contribution < -0.4 is 0 Å². The molecule has 9 atom stereocenters. The summed E-state index contributed by atoms with van der Waals surface area (Å²) in [4.78, 5) is 57.9. The molecule has 3 saturated carbocycles. The molecule has 6 aliphatic carbocycles. The lowest BCUT2D eigenvalue weighted by molar-refractivity contribution is 0.0744. The lowest BCUT2D eigenvalue weighted by Crippen LogP contribution is -2.49. The molecule has 12 aromatic rings. The van der Waals surface area contributed by atoms with Gasteiger partial charge in [0.25, 0.3) is 0 Å². The SMILES string of the molecule is C=S(=O)(c1cccc(Cl)c1)N(C)[C@H]1CCC2=Cc3c(cnn3-c3ccc(F)cc3)C[C@]2(C(=O)c2ccccn2)C1.C=S(=O)(c1ccccc1)N(C)[C@H]1CCC2=Cc3c(cnn3-c3ccc(F)cc3)C[C@]2(C(=O)c2ccccn2)C1.C=S(=O)(c1cnn(C)c1)N(C)[C@H]1CCC2=Cc3c(cnn3-c3ccc(F)cc3)C[C@]2(C(=O)c2ccccn2)C1. The highest BCUT2D eigenvalue weighted by Gasteiger charge is 2.54. The number of halogens is 4. The van der Waals surface area contributed by atoms with E-state index in [4.69, 9.17) is 11.6 Å². The van der Waals surface area contributed by atoms with Crippen molar-refractivity contribution < 1.29 is 40.2 Å². The van der Waals surface area contributed by atoms with Gasteiger partial charge in [0.05, 0.1) is 109 Å². The van der Waals surface area contributed by atoms with Gasteiger partial charge in [-0.15, -0.1) is 0 Å². The number of hydrogen-bond donors (Lipinski definition) is 0. The Bertz CT molecular complexity index is 6300. The first-order valence-electron chi connectivity index (χ1n) is 38.8. The number of carbonyl (C=O) groups is 3. The van der Waals surface area contributed by atoms with E-state index in [-0.39, 0.29) is 52.9 Å². The average Bonchev–Trinajstić information content (AvgIpc) is 1.32. The Morgan fingerprint density at radius 3 is 1.08 bits per heavy atom. The summed E-state index contributed by atoms with van der Waals surface area (Å²) in [5.74, 6) is 11.2. The summed E-state index contributed by atoms with van der Waals surface area (Å²) in [5, 5.41) is 18.5. The minimum Gasteiger partial charge on any atom is -0.291 e. The van der Waals surface area contributed by atoms with Crippen molar-refractivity contribution in [3.63, 3.8) is 0 Å². The van der Waals surface area contributed by atoms with Gasteiger partial charge >= 0.3 is 0 Å². The van der Waals surface area contributed by atoms with Crippen molar-refractivity contribution >= 4 is 93.9 Å². The summed E-state index contributed by atoms with van der Waals surface area (Å²) < 4.78 is 95.1. The van der Waals surface area contributed by atoms with E-state index in [1.807, 2.05) is 82.6 Å². The van der Waals surface area contributed by atoms with Crippen LogP contribution in [-0.4, -0.2) is 154 Å². The largest absolute Gasteiger partial charge is 0.291 e. The quantitative estimate of drug-likeness (QED) is 0.0577. The molecule has 118 heavy (non-hydrogen) atoms. The number of rotatable bonds is 18. The molecule has 0 radical (unpaired) electrons. The summed E-state index contributed by atoms with van der Waals surface area (Å²) in [6.45, 7) is 0. The van der Waals surface area contributed by atoms with Gasteiger partial charge in [-0.3, -0.25) is 34.0 Å². The number of carbonyl (C=O) groups excluding carboxylic acids is 3. The Labute approximate surface area is 689 Å². The monoisotopic (exact) mass is 1660 g/mol. The van der Waals surface area contributed by atoms with Crippen molar-refractivity contribution in [1.29, 1.82) is 0 Å². The Kier molecular flexibility index (Phi) is 21.9. The van der Waals surface area contributed by atoms with E-state index in [0.29, 0.717) is 107 Å². The predicted octanol–water partition coefficient (Wildman–Crippen LogP) is 15.6. The predicted molar refractivity (Wildman–Crippen MR) is 457 cm³/mol. The van der Waals surface area contributed by atoms with Crippen LogP contribution in [0.25, 0.3) is 35.3 Å². The summed E-state index contributed by atoms with van der Waals surface area (Å²) in [5.41, 5.74) is 9.39. The van der Waals surface area contributed by atoms with Crippen LogP contribution in [0.5, 0.6) is 0 Å². The fourth-order valence-corrected chi connectivity index (χ4v) is 22.8. The highest BCUT2D eigenvalue weighted by Crippen LogP contribution is 2.55. The molecule has 0 aliphatic heterocycles. The summed E-state index contributed by atoms with van der Waals surface area (Å²) in [7, 11) is -1.15. The van der Waals surface area contributed by atoms with Crippen LogP contribution in [0.15, 0.2) is 263 Å². The third-order valence-corrected chi connectivity index (χ3v) is 31.2. The number of nitrogens with zero attached hydrogens (tertiary/aromatic N) is 14. The van der Waals surface area contributed by atoms with E-state index in [1.54, 1.807) is 172 Å². The molecule has 7 heterocycles. The number of benzene rings is 5. The number of aryl methyl sites for hydroxylation is 1.